The minimum Gasteiger partial charge on any atom is -1.00 e. The van der Waals surface area contributed by atoms with Crippen LogP contribution in [0.1, 0.15) is 22.6 Å². The zero-order chi connectivity index (χ0) is 16.0. The lowest BCUT2D eigenvalue weighted by Crippen LogP contribution is -3.00. The SMILES string of the molecule is Cc1ncc2n1-c1ccc(Cl)cc1C(c1ccccc1F)=NC2.[Cl-]. The monoisotopic (exact) mass is 360 g/mol. The van der Waals surface area contributed by atoms with Gasteiger partial charge < -0.3 is 12.4 Å². The van der Waals surface area contributed by atoms with Crippen molar-refractivity contribution in [2.75, 3.05) is 0 Å². The topological polar surface area (TPSA) is 30.2 Å². The van der Waals surface area contributed by atoms with Crippen molar-refractivity contribution in [2.45, 2.75) is 13.5 Å². The van der Waals surface area contributed by atoms with Crippen LogP contribution in [0, 0.1) is 12.7 Å². The van der Waals surface area contributed by atoms with Crippen LogP contribution in [-0.2, 0) is 6.54 Å². The molecule has 0 radical (unpaired) electrons. The molecule has 0 bridgehead atoms. The summed E-state index contributed by atoms with van der Waals surface area (Å²) < 4.78 is 16.3. The lowest BCUT2D eigenvalue weighted by molar-refractivity contribution is -0.00000525. The van der Waals surface area contributed by atoms with Gasteiger partial charge in [-0.3, -0.25) is 9.56 Å². The maximum Gasteiger partial charge on any atom is 0.132 e. The van der Waals surface area contributed by atoms with Crippen LogP contribution in [0.4, 0.5) is 4.39 Å². The third-order valence-corrected chi connectivity index (χ3v) is 4.23. The van der Waals surface area contributed by atoms with Crippen molar-refractivity contribution in [3.8, 4) is 5.69 Å². The number of aliphatic imine (C=N–C) groups is 1. The van der Waals surface area contributed by atoms with E-state index in [0.717, 1.165) is 22.8 Å². The fourth-order valence-corrected chi connectivity index (χ4v) is 3.13. The molecule has 2 aromatic carbocycles. The number of hydrogen-bond acceptors (Lipinski definition) is 2. The first-order chi connectivity index (χ1) is 11.1. The Bertz CT molecular complexity index is 947. The van der Waals surface area contributed by atoms with E-state index in [1.807, 2.05) is 42.0 Å². The average Bonchev–Trinajstić information content (AvgIpc) is 2.82. The van der Waals surface area contributed by atoms with Gasteiger partial charge in [0.1, 0.15) is 11.6 Å². The predicted octanol–water partition coefficient (Wildman–Crippen LogP) is 1.33. The molecule has 6 heteroatoms. The maximum atomic E-state index is 14.3. The molecule has 0 N–H and O–H groups in total. The highest BCUT2D eigenvalue weighted by molar-refractivity contribution is 6.31. The first kappa shape index (κ1) is 16.7. The van der Waals surface area contributed by atoms with Gasteiger partial charge in [-0.05, 0) is 37.3 Å². The van der Waals surface area contributed by atoms with Gasteiger partial charge in [-0.2, -0.15) is 0 Å². The summed E-state index contributed by atoms with van der Waals surface area (Å²) in [6.45, 7) is 2.38. The Hall–Kier alpha value is -2.17. The van der Waals surface area contributed by atoms with Gasteiger partial charge in [-0.15, -0.1) is 0 Å². The van der Waals surface area contributed by atoms with Crippen LogP contribution >= 0.6 is 11.6 Å². The predicted molar refractivity (Wildman–Crippen MR) is 89.1 cm³/mol. The minimum atomic E-state index is -0.293. The van der Waals surface area contributed by atoms with Crippen LogP contribution in [-0.4, -0.2) is 15.3 Å². The van der Waals surface area contributed by atoms with E-state index in [9.17, 15) is 4.39 Å². The maximum absolute atomic E-state index is 14.3. The molecule has 1 aromatic heterocycles. The van der Waals surface area contributed by atoms with Gasteiger partial charge in [-0.25, -0.2) is 9.37 Å². The molecule has 122 valence electrons. The highest BCUT2D eigenvalue weighted by Crippen LogP contribution is 2.29. The number of aromatic nitrogens is 2. The van der Waals surface area contributed by atoms with Gasteiger partial charge in [0.2, 0.25) is 0 Å². The minimum absolute atomic E-state index is 0. The second kappa shape index (κ2) is 6.38. The molecule has 0 aliphatic carbocycles. The highest BCUT2D eigenvalue weighted by atomic mass is 35.5. The second-order valence-electron chi connectivity index (χ2n) is 5.44. The van der Waals surface area contributed by atoms with Crippen molar-refractivity contribution in [3.05, 3.63) is 82.1 Å². The number of imidazole rings is 1. The molecule has 3 aromatic rings. The molecule has 0 amide bonds. The molecule has 0 spiro atoms. The molecule has 0 saturated carbocycles. The van der Waals surface area contributed by atoms with Gasteiger partial charge in [0.15, 0.2) is 0 Å². The molecule has 1 aliphatic rings. The molecule has 3 nitrogen and oxygen atoms in total. The zero-order valence-corrected chi connectivity index (χ0v) is 14.3. The Morgan fingerprint density at radius 3 is 2.71 bits per heavy atom. The lowest BCUT2D eigenvalue weighted by atomic mass is 10.00. The normalized spacial score (nSPS) is 12.5. The first-order valence-electron chi connectivity index (χ1n) is 7.28. The molecule has 0 saturated heterocycles. The molecule has 0 unspecified atom stereocenters. The van der Waals surface area contributed by atoms with Crippen LogP contribution in [0.15, 0.2) is 53.7 Å². The molecule has 4 rings (SSSR count). The Labute approximate surface area is 150 Å². The lowest BCUT2D eigenvalue weighted by Gasteiger charge is -2.14. The van der Waals surface area contributed by atoms with Crippen molar-refractivity contribution in [3.63, 3.8) is 0 Å². The Morgan fingerprint density at radius 1 is 1.12 bits per heavy atom. The van der Waals surface area contributed by atoms with Crippen LogP contribution in [0.2, 0.25) is 5.02 Å². The van der Waals surface area contributed by atoms with Crippen molar-refractivity contribution < 1.29 is 16.8 Å². The van der Waals surface area contributed by atoms with E-state index in [2.05, 4.69) is 9.98 Å². The summed E-state index contributed by atoms with van der Waals surface area (Å²) in [5.74, 6) is 0.576. The van der Waals surface area contributed by atoms with Crippen molar-refractivity contribution in [1.82, 2.24) is 9.55 Å². The van der Waals surface area contributed by atoms with Crippen LogP contribution in [0.3, 0.4) is 0 Å². The summed E-state index contributed by atoms with van der Waals surface area (Å²) in [7, 11) is 0. The fourth-order valence-electron chi connectivity index (χ4n) is 2.95. The Kier molecular flexibility index (Phi) is 4.43. The van der Waals surface area contributed by atoms with Crippen molar-refractivity contribution >= 4 is 17.3 Å². The third kappa shape index (κ3) is 2.62. The van der Waals surface area contributed by atoms with E-state index in [4.69, 9.17) is 11.6 Å². The number of hydrogen-bond donors (Lipinski definition) is 0. The quantitative estimate of drug-likeness (QED) is 0.643. The molecule has 1 aliphatic heterocycles. The van der Waals surface area contributed by atoms with E-state index in [1.165, 1.54) is 6.07 Å². The summed E-state index contributed by atoms with van der Waals surface area (Å²) in [4.78, 5) is 9.01. The van der Waals surface area contributed by atoms with Crippen LogP contribution in [0.5, 0.6) is 0 Å². The summed E-state index contributed by atoms with van der Waals surface area (Å²) in [5, 5.41) is 0.592. The second-order valence-corrected chi connectivity index (χ2v) is 5.87. The van der Waals surface area contributed by atoms with Crippen LogP contribution < -0.4 is 12.4 Å². The van der Waals surface area contributed by atoms with Gasteiger partial charge >= 0.3 is 0 Å². The third-order valence-electron chi connectivity index (χ3n) is 3.99. The number of fused-ring (bicyclic) bond motifs is 3. The fraction of sp³-hybridized carbons (Fsp3) is 0.111. The summed E-state index contributed by atoms with van der Waals surface area (Å²) >= 11 is 6.19. The molecule has 2 heterocycles. The van der Waals surface area contributed by atoms with Gasteiger partial charge in [0.25, 0.3) is 0 Å². The number of aryl methyl sites for hydroxylation is 1. The van der Waals surface area contributed by atoms with E-state index in [1.54, 1.807) is 12.1 Å². The molecule has 24 heavy (non-hydrogen) atoms. The largest absolute Gasteiger partial charge is 1.00 e. The van der Waals surface area contributed by atoms with Gasteiger partial charge in [0.05, 0.1) is 29.8 Å². The van der Waals surface area contributed by atoms with E-state index < -0.39 is 0 Å². The van der Waals surface area contributed by atoms with Gasteiger partial charge in [-0.1, -0.05) is 23.7 Å². The van der Waals surface area contributed by atoms with Gasteiger partial charge in [0, 0.05) is 16.1 Å². The number of benzene rings is 2. The zero-order valence-electron chi connectivity index (χ0n) is 12.8. The first-order valence-corrected chi connectivity index (χ1v) is 7.66. The Morgan fingerprint density at radius 2 is 1.92 bits per heavy atom. The standard InChI is InChI=1S/C18H13ClFN3.ClH/c1-11-21-9-13-10-22-18(14-4-2-3-5-16(14)20)15-8-12(19)6-7-17(15)23(11)13;/h2-9H,10H2,1H3;1H/p-1. The average molecular weight is 361 g/mol. The van der Waals surface area contributed by atoms with E-state index in [0.29, 0.717) is 22.8 Å². The molecular weight excluding hydrogens is 348 g/mol. The number of rotatable bonds is 1. The summed E-state index contributed by atoms with van der Waals surface area (Å²) in [5.41, 5.74) is 3.79. The highest BCUT2D eigenvalue weighted by Gasteiger charge is 2.22. The number of nitrogens with zero attached hydrogens (tertiary/aromatic N) is 3. The molecular formula is C18H13Cl2FN3-. The number of halogens is 3. The molecule has 0 fully saturated rings. The summed E-state index contributed by atoms with van der Waals surface area (Å²) in [6, 6.07) is 12.3. The van der Waals surface area contributed by atoms with Crippen molar-refractivity contribution in [1.29, 1.82) is 0 Å². The Balaban J connectivity index is 0.00000169. The smallest absolute Gasteiger partial charge is 0.132 e. The van der Waals surface area contributed by atoms with Crippen molar-refractivity contribution in [2.24, 2.45) is 4.99 Å². The summed E-state index contributed by atoms with van der Waals surface area (Å²) in [6.07, 6.45) is 1.81. The van der Waals surface area contributed by atoms with E-state index >= 15 is 0 Å². The van der Waals surface area contributed by atoms with E-state index in [-0.39, 0.29) is 18.2 Å². The van der Waals surface area contributed by atoms with Crippen LogP contribution in [0.25, 0.3) is 5.69 Å². The molecule has 0 atom stereocenters.